The number of amides is 2. The number of ketones is 1. The highest BCUT2D eigenvalue weighted by Crippen LogP contribution is 2.12. The lowest BCUT2D eigenvalue weighted by Gasteiger charge is -2.25. The summed E-state index contributed by atoms with van der Waals surface area (Å²) in [5.41, 5.74) is 1.53. The Balaban J connectivity index is 2.92. The molecule has 1 aromatic rings. The predicted octanol–water partition coefficient (Wildman–Crippen LogP) is 0.777. The number of likely N-dealkylation sites (N-methyl/N-ethyl adjacent to an activating group) is 2. The summed E-state index contributed by atoms with van der Waals surface area (Å²) < 4.78 is 0. The van der Waals surface area contributed by atoms with E-state index in [1.165, 1.54) is 14.1 Å². The molecule has 0 saturated carbocycles. The van der Waals surface area contributed by atoms with Gasteiger partial charge in [-0.25, -0.2) is 0 Å². The van der Waals surface area contributed by atoms with Crippen LogP contribution >= 0.6 is 0 Å². The molecule has 0 bridgehead atoms. The number of aryl methyl sites for hydroxylation is 1. The van der Waals surface area contributed by atoms with E-state index in [0.717, 1.165) is 29.7 Å². The molecule has 23 heavy (non-hydrogen) atoms. The molecule has 0 aliphatic carbocycles. The van der Waals surface area contributed by atoms with Gasteiger partial charge in [0.2, 0.25) is 5.91 Å². The lowest BCUT2D eigenvalue weighted by Crippen LogP contribution is -2.52. The first-order valence-corrected chi connectivity index (χ1v) is 7.67. The average molecular weight is 320 g/mol. The Hall–Kier alpha value is -2.21. The fourth-order valence-corrected chi connectivity index (χ4v) is 2.28. The Morgan fingerprint density at radius 3 is 2.30 bits per heavy atom. The number of nitrogens with zero attached hydrogens (tertiary/aromatic N) is 1. The van der Waals surface area contributed by atoms with E-state index < -0.39 is 30.2 Å². The first kappa shape index (κ1) is 18.8. The third-order valence-corrected chi connectivity index (χ3v) is 3.68. The van der Waals surface area contributed by atoms with Crippen LogP contribution in [-0.4, -0.2) is 54.3 Å². The summed E-state index contributed by atoms with van der Waals surface area (Å²) in [5.74, 6) is -1.79. The average Bonchev–Trinajstić information content (AvgIpc) is 2.59. The molecule has 6 heteroatoms. The Morgan fingerprint density at radius 2 is 1.83 bits per heavy atom. The van der Waals surface area contributed by atoms with Crippen LogP contribution in [0, 0.1) is 0 Å². The van der Waals surface area contributed by atoms with Gasteiger partial charge in [-0.3, -0.25) is 14.4 Å². The summed E-state index contributed by atoms with van der Waals surface area (Å²) in [6.07, 6.45) is 3.13. The quantitative estimate of drug-likeness (QED) is 0.693. The van der Waals surface area contributed by atoms with E-state index in [1.54, 1.807) is 12.1 Å². The zero-order valence-corrected chi connectivity index (χ0v) is 13.8. The minimum atomic E-state index is -1.34. The highest BCUT2D eigenvalue weighted by molar-refractivity contribution is 6.10. The van der Waals surface area contributed by atoms with E-state index in [9.17, 15) is 14.4 Å². The van der Waals surface area contributed by atoms with E-state index in [4.69, 9.17) is 5.11 Å². The molecule has 1 atom stereocenters. The summed E-state index contributed by atoms with van der Waals surface area (Å²) >= 11 is 0. The van der Waals surface area contributed by atoms with Gasteiger partial charge in [0.1, 0.15) is 6.61 Å². The first-order chi connectivity index (χ1) is 11.0. The predicted molar refractivity (Wildman–Crippen MR) is 87.1 cm³/mol. The molecule has 1 aromatic carbocycles. The first-order valence-electron chi connectivity index (χ1n) is 7.67. The molecule has 0 aliphatic heterocycles. The Kier molecular flexibility index (Phi) is 7.41. The van der Waals surface area contributed by atoms with Crippen LogP contribution in [-0.2, 0) is 16.0 Å². The monoisotopic (exact) mass is 320 g/mol. The molecule has 0 aliphatic rings. The minimum absolute atomic E-state index is 0.396. The van der Waals surface area contributed by atoms with Gasteiger partial charge < -0.3 is 15.3 Å². The van der Waals surface area contributed by atoms with Crippen LogP contribution in [0.25, 0.3) is 0 Å². The van der Waals surface area contributed by atoms with Crippen LogP contribution in [0.2, 0.25) is 0 Å². The molecule has 0 radical (unpaired) electrons. The molecule has 6 nitrogen and oxygen atoms in total. The summed E-state index contributed by atoms with van der Waals surface area (Å²) in [6, 6.07) is 5.79. The van der Waals surface area contributed by atoms with Gasteiger partial charge in [0.15, 0.2) is 11.8 Å². The number of carbonyl (C=O) groups excluding carboxylic acids is 3. The van der Waals surface area contributed by atoms with Crippen molar-refractivity contribution in [1.82, 2.24) is 10.2 Å². The third-order valence-electron chi connectivity index (χ3n) is 3.68. The summed E-state index contributed by atoms with van der Waals surface area (Å²) in [4.78, 5) is 37.1. The van der Waals surface area contributed by atoms with Gasteiger partial charge in [0.25, 0.3) is 5.91 Å². The molecule has 0 aromatic heterocycles. The molecule has 1 unspecified atom stereocenters. The largest absolute Gasteiger partial charge is 0.388 e. The van der Waals surface area contributed by atoms with Crippen molar-refractivity contribution in [3.8, 4) is 0 Å². The van der Waals surface area contributed by atoms with Gasteiger partial charge in [0, 0.05) is 19.7 Å². The number of carbonyl (C=O) groups is 3. The van der Waals surface area contributed by atoms with Crippen molar-refractivity contribution < 1.29 is 19.5 Å². The maximum atomic E-state index is 12.5. The zero-order valence-electron chi connectivity index (χ0n) is 13.8. The van der Waals surface area contributed by atoms with Gasteiger partial charge in [-0.05, 0) is 30.5 Å². The molecule has 0 heterocycles. The molecule has 2 N–H and O–H groups in total. The van der Waals surface area contributed by atoms with Crippen molar-refractivity contribution in [3.63, 3.8) is 0 Å². The van der Waals surface area contributed by atoms with Crippen molar-refractivity contribution in [1.29, 1.82) is 0 Å². The zero-order chi connectivity index (χ0) is 17.4. The Morgan fingerprint density at radius 1 is 1.22 bits per heavy atom. The van der Waals surface area contributed by atoms with Gasteiger partial charge in [0.05, 0.1) is 0 Å². The summed E-state index contributed by atoms with van der Waals surface area (Å²) in [6.45, 7) is 1.32. The Bertz CT molecular complexity index is 538. The van der Waals surface area contributed by atoms with E-state index >= 15 is 0 Å². The van der Waals surface area contributed by atoms with E-state index in [0.29, 0.717) is 5.56 Å². The number of unbranched alkanes of at least 4 members (excludes halogenated alkanes) is 1. The van der Waals surface area contributed by atoms with Crippen LogP contribution in [0.5, 0.6) is 0 Å². The maximum absolute atomic E-state index is 12.5. The number of Topliss-reactive ketones (excluding diaryl/α,β-unsaturated/α-hetero) is 1. The summed E-state index contributed by atoms with van der Waals surface area (Å²) in [5, 5.41) is 11.3. The number of aliphatic hydroxyl groups excluding tert-OH is 1. The number of nitrogens with one attached hydrogen (secondary N) is 1. The second-order valence-electron chi connectivity index (χ2n) is 5.36. The third kappa shape index (κ3) is 4.89. The maximum Gasteiger partial charge on any atom is 0.254 e. The van der Waals surface area contributed by atoms with Crippen molar-refractivity contribution in [3.05, 3.63) is 35.4 Å². The van der Waals surface area contributed by atoms with Crippen molar-refractivity contribution in [2.75, 3.05) is 20.7 Å². The smallest absolute Gasteiger partial charge is 0.254 e. The highest BCUT2D eigenvalue weighted by atomic mass is 16.3. The fraction of sp³-hybridized carbons (Fsp3) is 0.471. The molecule has 0 saturated heterocycles. The van der Waals surface area contributed by atoms with E-state index in [-0.39, 0.29) is 0 Å². The number of benzene rings is 1. The highest BCUT2D eigenvalue weighted by Gasteiger charge is 2.32. The second-order valence-corrected chi connectivity index (χ2v) is 5.36. The fourth-order valence-electron chi connectivity index (χ4n) is 2.28. The minimum Gasteiger partial charge on any atom is -0.388 e. The van der Waals surface area contributed by atoms with Crippen LogP contribution < -0.4 is 5.32 Å². The SMILES string of the molecule is CCCCc1ccc(C(=O)N(C)C(C(=O)CO)C(=O)NC)cc1. The van der Waals surface area contributed by atoms with Crippen molar-refractivity contribution >= 4 is 17.6 Å². The van der Waals surface area contributed by atoms with Crippen LogP contribution in [0.1, 0.15) is 35.7 Å². The Labute approximate surface area is 136 Å². The topological polar surface area (TPSA) is 86.7 Å². The molecular formula is C17H24N2O4. The molecule has 126 valence electrons. The molecule has 1 rings (SSSR count). The van der Waals surface area contributed by atoms with Crippen LogP contribution in [0.4, 0.5) is 0 Å². The lowest BCUT2D eigenvalue weighted by atomic mass is 10.0. The van der Waals surface area contributed by atoms with Crippen molar-refractivity contribution in [2.24, 2.45) is 0 Å². The van der Waals surface area contributed by atoms with E-state index in [2.05, 4.69) is 12.2 Å². The van der Waals surface area contributed by atoms with Gasteiger partial charge in [-0.15, -0.1) is 0 Å². The number of aliphatic hydroxyl groups is 1. The van der Waals surface area contributed by atoms with Crippen molar-refractivity contribution in [2.45, 2.75) is 32.2 Å². The van der Waals surface area contributed by atoms with E-state index in [1.807, 2.05) is 12.1 Å². The second kappa shape index (κ2) is 9.05. The summed E-state index contributed by atoms with van der Waals surface area (Å²) in [7, 11) is 2.75. The van der Waals surface area contributed by atoms with Gasteiger partial charge in [-0.2, -0.15) is 0 Å². The van der Waals surface area contributed by atoms with Gasteiger partial charge in [-0.1, -0.05) is 25.5 Å². The number of hydrogen-bond acceptors (Lipinski definition) is 4. The number of hydrogen-bond donors (Lipinski definition) is 2. The number of rotatable bonds is 8. The standard InChI is InChI=1S/C17H24N2O4/c1-4-5-6-12-7-9-13(10-8-12)17(23)19(3)15(14(21)11-20)16(22)18-2/h7-10,15,20H,4-6,11H2,1-3H3,(H,18,22). The molecule has 0 spiro atoms. The lowest BCUT2D eigenvalue weighted by molar-refractivity contribution is -0.135. The molecule has 2 amide bonds. The van der Waals surface area contributed by atoms with Crippen LogP contribution in [0.15, 0.2) is 24.3 Å². The van der Waals surface area contributed by atoms with Crippen LogP contribution in [0.3, 0.4) is 0 Å². The normalized spacial score (nSPS) is 11.7. The molecule has 0 fully saturated rings. The molecular weight excluding hydrogens is 296 g/mol. The van der Waals surface area contributed by atoms with Gasteiger partial charge >= 0.3 is 0 Å².